The normalized spacial score (nSPS) is 11.3. The van der Waals surface area contributed by atoms with Gasteiger partial charge in [0.2, 0.25) is 0 Å². The van der Waals surface area contributed by atoms with E-state index in [-0.39, 0.29) is 6.42 Å². The highest BCUT2D eigenvalue weighted by Crippen LogP contribution is 2.05. The third-order valence-corrected chi connectivity index (χ3v) is 3.27. The lowest BCUT2D eigenvalue weighted by atomic mass is 10.2. The summed E-state index contributed by atoms with van der Waals surface area (Å²) < 4.78 is 0. The molecule has 15 heavy (non-hydrogen) atoms. The zero-order valence-corrected chi connectivity index (χ0v) is 10.8. The van der Waals surface area contributed by atoms with E-state index in [1.807, 2.05) is 11.8 Å². The molecule has 0 aliphatic rings. The van der Waals surface area contributed by atoms with E-state index < -0.39 is 5.97 Å². The van der Waals surface area contributed by atoms with E-state index in [4.69, 9.17) is 5.11 Å². The Hall–Kier alpha value is -0.220. The maximum absolute atomic E-state index is 10.5. The van der Waals surface area contributed by atoms with Crippen molar-refractivity contribution < 1.29 is 9.90 Å². The fourth-order valence-electron chi connectivity index (χ4n) is 1.38. The molecule has 0 radical (unpaired) electrons. The molecule has 0 rings (SSSR count). The smallest absolute Gasteiger partial charge is 0.304 e. The first-order valence-electron chi connectivity index (χ1n) is 5.61. The third-order valence-electron chi connectivity index (χ3n) is 2.28. The van der Waals surface area contributed by atoms with Gasteiger partial charge in [-0.3, -0.25) is 4.79 Å². The van der Waals surface area contributed by atoms with Crippen molar-refractivity contribution in [1.82, 2.24) is 4.90 Å². The van der Waals surface area contributed by atoms with Crippen molar-refractivity contribution in [2.24, 2.45) is 0 Å². The van der Waals surface area contributed by atoms with Crippen molar-refractivity contribution in [1.29, 1.82) is 0 Å². The van der Waals surface area contributed by atoms with E-state index >= 15 is 0 Å². The molecule has 0 saturated carbocycles. The fourth-order valence-corrected chi connectivity index (χ4v) is 2.00. The molecule has 0 bridgehead atoms. The first-order valence-corrected chi connectivity index (χ1v) is 6.77. The van der Waals surface area contributed by atoms with Crippen LogP contribution in [-0.4, -0.2) is 46.6 Å². The van der Waals surface area contributed by atoms with Crippen molar-refractivity contribution in [2.75, 3.05) is 24.6 Å². The number of hydrogen-bond donors (Lipinski definition) is 1. The number of carboxylic acids is 1. The van der Waals surface area contributed by atoms with Gasteiger partial charge in [-0.25, -0.2) is 0 Å². The molecule has 0 amide bonds. The molecule has 0 aromatic carbocycles. The SMILES string of the molecule is CCSCCCN(CCC(=O)O)C(C)C. The van der Waals surface area contributed by atoms with Crippen LogP contribution >= 0.6 is 11.8 Å². The summed E-state index contributed by atoms with van der Waals surface area (Å²) in [5.74, 6) is 1.63. The minimum absolute atomic E-state index is 0.249. The molecule has 0 atom stereocenters. The predicted octanol–water partition coefficient (Wildman–Crippen LogP) is 2.31. The summed E-state index contributed by atoms with van der Waals surface area (Å²) >= 11 is 1.94. The molecule has 0 aromatic rings. The van der Waals surface area contributed by atoms with Crippen LogP contribution in [0.4, 0.5) is 0 Å². The summed E-state index contributed by atoms with van der Waals surface area (Å²) in [6.07, 6.45) is 1.40. The van der Waals surface area contributed by atoms with Crippen LogP contribution < -0.4 is 0 Å². The Kier molecular flexibility index (Phi) is 8.91. The standard InChI is InChI=1S/C11H23NO2S/c1-4-15-9-5-7-12(10(2)3)8-6-11(13)14/h10H,4-9H2,1-3H3,(H,13,14). The topological polar surface area (TPSA) is 40.5 Å². The molecule has 0 spiro atoms. The monoisotopic (exact) mass is 233 g/mol. The van der Waals surface area contributed by atoms with E-state index in [0.717, 1.165) is 18.7 Å². The van der Waals surface area contributed by atoms with Gasteiger partial charge in [0.15, 0.2) is 0 Å². The van der Waals surface area contributed by atoms with E-state index in [0.29, 0.717) is 12.6 Å². The van der Waals surface area contributed by atoms with Gasteiger partial charge in [0.1, 0.15) is 0 Å². The highest BCUT2D eigenvalue weighted by atomic mass is 32.2. The van der Waals surface area contributed by atoms with Crippen LogP contribution in [-0.2, 0) is 4.79 Å². The Morgan fingerprint density at radius 1 is 1.40 bits per heavy atom. The number of carboxylic acid groups (broad SMARTS) is 1. The maximum atomic E-state index is 10.5. The molecule has 0 saturated heterocycles. The predicted molar refractivity (Wildman–Crippen MR) is 66.6 cm³/mol. The number of aliphatic carboxylic acids is 1. The Morgan fingerprint density at radius 3 is 2.53 bits per heavy atom. The average Bonchev–Trinajstić information content (AvgIpc) is 2.15. The first kappa shape index (κ1) is 14.8. The second-order valence-corrected chi connectivity index (χ2v) is 5.22. The lowest BCUT2D eigenvalue weighted by Gasteiger charge is -2.25. The van der Waals surface area contributed by atoms with Gasteiger partial charge in [0.05, 0.1) is 6.42 Å². The van der Waals surface area contributed by atoms with Crippen molar-refractivity contribution >= 4 is 17.7 Å². The van der Waals surface area contributed by atoms with Crippen LogP contribution in [0.25, 0.3) is 0 Å². The molecule has 0 heterocycles. The zero-order valence-electron chi connectivity index (χ0n) is 10.0. The molecule has 1 N–H and O–H groups in total. The molecule has 3 nitrogen and oxygen atoms in total. The summed E-state index contributed by atoms with van der Waals surface area (Å²) in [5, 5.41) is 8.62. The Bertz CT molecular complexity index is 174. The highest BCUT2D eigenvalue weighted by molar-refractivity contribution is 7.99. The van der Waals surface area contributed by atoms with Gasteiger partial charge in [-0.1, -0.05) is 6.92 Å². The minimum Gasteiger partial charge on any atom is -0.481 e. The number of rotatable bonds is 9. The van der Waals surface area contributed by atoms with Crippen LogP contribution in [0, 0.1) is 0 Å². The van der Waals surface area contributed by atoms with Crippen molar-refractivity contribution in [3.63, 3.8) is 0 Å². The minimum atomic E-state index is -0.705. The molecule has 0 fully saturated rings. The lowest BCUT2D eigenvalue weighted by Crippen LogP contribution is -2.34. The quantitative estimate of drug-likeness (QED) is 0.620. The third kappa shape index (κ3) is 8.75. The molecule has 4 heteroatoms. The molecule has 0 unspecified atom stereocenters. The second kappa shape index (κ2) is 9.04. The van der Waals surface area contributed by atoms with Gasteiger partial charge in [0.25, 0.3) is 0 Å². The van der Waals surface area contributed by atoms with Crippen LogP contribution in [0.3, 0.4) is 0 Å². The number of nitrogens with zero attached hydrogens (tertiary/aromatic N) is 1. The number of carbonyl (C=O) groups is 1. The van der Waals surface area contributed by atoms with Gasteiger partial charge < -0.3 is 10.0 Å². The summed E-state index contributed by atoms with van der Waals surface area (Å²) in [5.41, 5.74) is 0. The van der Waals surface area contributed by atoms with Crippen LogP contribution in [0.15, 0.2) is 0 Å². The van der Waals surface area contributed by atoms with Crippen molar-refractivity contribution in [3.05, 3.63) is 0 Å². The number of hydrogen-bond acceptors (Lipinski definition) is 3. The van der Waals surface area contributed by atoms with Gasteiger partial charge in [0, 0.05) is 12.6 Å². The van der Waals surface area contributed by atoms with Crippen LogP contribution in [0.2, 0.25) is 0 Å². The Morgan fingerprint density at radius 2 is 2.07 bits per heavy atom. The van der Waals surface area contributed by atoms with Crippen molar-refractivity contribution in [2.45, 2.75) is 39.7 Å². The van der Waals surface area contributed by atoms with E-state index in [1.54, 1.807) is 0 Å². The van der Waals surface area contributed by atoms with E-state index in [9.17, 15) is 4.79 Å². The molecular weight excluding hydrogens is 210 g/mol. The fraction of sp³-hybridized carbons (Fsp3) is 0.909. The molecule has 0 aliphatic heterocycles. The largest absolute Gasteiger partial charge is 0.481 e. The molecule has 0 aromatic heterocycles. The molecular formula is C11H23NO2S. The zero-order chi connectivity index (χ0) is 11.7. The Balaban J connectivity index is 3.68. The summed E-state index contributed by atoms with van der Waals surface area (Å²) in [6, 6.07) is 0.441. The van der Waals surface area contributed by atoms with Gasteiger partial charge in [-0.05, 0) is 38.3 Å². The summed E-state index contributed by atoms with van der Waals surface area (Å²) in [4.78, 5) is 12.7. The Labute approximate surface area is 97.2 Å². The van der Waals surface area contributed by atoms with Crippen LogP contribution in [0.1, 0.15) is 33.6 Å². The summed E-state index contributed by atoms with van der Waals surface area (Å²) in [6.45, 7) is 8.08. The summed E-state index contributed by atoms with van der Waals surface area (Å²) in [7, 11) is 0. The number of thioether (sulfide) groups is 1. The lowest BCUT2D eigenvalue weighted by molar-refractivity contribution is -0.137. The highest BCUT2D eigenvalue weighted by Gasteiger charge is 2.10. The first-order chi connectivity index (χ1) is 7.07. The van der Waals surface area contributed by atoms with Gasteiger partial charge in [-0.15, -0.1) is 0 Å². The van der Waals surface area contributed by atoms with Crippen molar-refractivity contribution in [3.8, 4) is 0 Å². The molecule has 90 valence electrons. The second-order valence-electron chi connectivity index (χ2n) is 3.82. The van der Waals surface area contributed by atoms with Gasteiger partial charge in [-0.2, -0.15) is 11.8 Å². The van der Waals surface area contributed by atoms with Gasteiger partial charge >= 0.3 is 5.97 Å². The van der Waals surface area contributed by atoms with Crippen LogP contribution in [0.5, 0.6) is 0 Å². The van der Waals surface area contributed by atoms with E-state index in [2.05, 4.69) is 25.7 Å². The van der Waals surface area contributed by atoms with E-state index in [1.165, 1.54) is 5.75 Å². The average molecular weight is 233 g/mol. The molecule has 0 aliphatic carbocycles. The maximum Gasteiger partial charge on any atom is 0.304 e.